The fraction of sp³-hybridized carbons (Fsp3) is 0.333. The van der Waals surface area contributed by atoms with Gasteiger partial charge in [-0.1, -0.05) is 11.6 Å². The molecule has 2 heterocycles. The summed E-state index contributed by atoms with van der Waals surface area (Å²) in [4.78, 5) is 0. The predicted molar refractivity (Wildman–Crippen MR) is 63.4 cm³/mol. The molecule has 1 aromatic heterocycles. The summed E-state index contributed by atoms with van der Waals surface area (Å²) in [6, 6.07) is 6.51. The van der Waals surface area contributed by atoms with Crippen LogP contribution in [0.2, 0.25) is 5.02 Å². The Hall–Kier alpha value is -0.990. The van der Waals surface area contributed by atoms with Gasteiger partial charge in [-0.15, -0.1) is 0 Å². The second-order valence-electron chi connectivity index (χ2n) is 4.12. The minimum atomic E-state index is 0.863. The summed E-state index contributed by atoms with van der Waals surface area (Å²) in [7, 11) is 0. The smallest absolute Gasteiger partial charge is 0.0498 e. The predicted octanol–water partition coefficient (Wildman–Crippen LogP) is 2.71. The number of hydrogen-bond acceptors (Lipinski definition) is 1. The van der Waals surface area contributed by atoms with Crippen LogP contribution in [0.15, 0.2) is 18.2 Å². The lowest BCUT2D eigenvalue weighted by atomic mass is 10.2. The van der Waals surface area contributed by atoms with E-state index in [4.69, 9.17) is 11.6 Å². The van der Waals surface area contributed by atoms with Crippen molar-refractivity contribution in [1.82, 2.24) is 9.88 Å². The van der Waals surface area contributed by atoms with Crippen LogP contribution in [0.25, 0.3) is 10.9 Å². The Morgan fingerprint density at radius 1 is 1.33 bits per heavy atom. The van der Waals surface area contributed by atoms with Crippen molar-refractivity contribution in [2.75, 3.05) is 6.54 Å². The molecule has 2 nitrogen and oxygen atoms in total. The van der Waals surface area contributed by atoms with Gasteiger partial charge in [-0.25, -0.2) is 0 Å². The van der Waals surface area contributed by atoms with E-state index in [9.17, 15) is 0 Å². The minimum absolute atomic E-state index is 0.863. The molecule has 15 heavy (non-hydrogen) atoms. The van der Waals surface area contributed by atoms with Crippen molar-refractivity contribution in [1.29, 1.82) is 0 Å². The van der Waals surface area contributed by atoms with Crippen molar-refractivity contribution >= 4 is 22.5 Å². The monoisotopic (exact) mass is 220 g/mol. The average molecular weight is 221 g/mol. The summed E-state index contributed by atoms with van der Waals surface area (Å²) >= 11 is 6.16. The van der Waals surface area contributed by atoms with Gasteiger partial charge in [0.2, 0.25) is 0 Å². The number of nitrogens with zero attached hydrogens (tertiary/aromatic N) is 1. The molecule has 0 bridgehead atoms. The number of fused-ring (bicyclic) bond motifs is 3. The van der Waals surface area contributed by atoms with Crippen LogP contribution in [0, 0.1) is 6.92 Å². The molecule has 0 saturated heterocycles. The summed E-state index contributed by atoms with van der Waals surface area (Å²) < 4.78 is 2.36. The highest BCUT2D eigenvalue weighted by atomic mass is 35.5. The molecule has 0 radical (unpaired) electrons. The molecule has 3 heteroatoms. The Morgan fingerprint density at radius 2 is 2.20 bits per heavy atom. The van der Waals surface area contributed by atoms with Gasteiger partial charge in [-0.05, 0) is 30.7 Å². The highest BCUT2D eigenvalue weighted by Gasteiger charge is 2.13. The van der Waals surface area contributed by atoms with Gasteiger partial charge < -0.3 is 9.88 Å². The first-order valence-corrected chi connectivity index (χ1v) is 5.62. The molecular formula is C12H13ClN2. The topological polar surface area (TPSA) is 17.0 Å². The maximum atomic E-state index is 6.16. The summed E-state index contributed by atoms with van der Waals surface area (Å²) in [5.74, 6) is 0. The Kier molecular flexibility index (Phi) is 2.01. The van der Waals surface area contributed by atoms with Gasteiger partial charge in [0.25, 0.3) is 0 Å². The van der Waals surface area contributed by atoms with Crippen molar-refractivity contribution < 1.29 is 0 Å². The number of aryl methyl sites for hydroxylation is 1. The van der Waals surface area contributed by atoms with Crippen LogP contribution < -0.4 is 5.32 Å². The number of rotatable bonds is 0. The number of hydrogen-bond donors (Lipinski definition) is 1. The maximum Gasteiger partial charge on any atom is 0.0498 e. The highest BCUT2D eigenvalue weighted by Crippen LogP contribution is 2.27. The molecule has 0 spiro atoms. The standard InChI is InChI=1S/C12H13ClN2/c1-8-4-9-5-10-7-14-2-3-15(10)12(9)6-11(8)13/h4-6,14H,2-3,7H2,1H3. The largest absolute Gasteiger partial charge is 0.342 e. The third-order valence-corrected chi connectivity index (χ3v) is 3.49. The number of benzene rings is 1. The van der Waals surface area contributed by atoms with E-state index in [1.54, 1.807) is 0 Å². The molecule has 0 atom stereocenters. The first-order valence-electron chi connectivity index (χ1n) is 5.25. The van der Waals surface area contributed by atoms with Gasteiger partial charge in [0.1, 0.15) is 0 Å². The number of halogens is 1. The second-order valence-corrected chi connectivity index (χ2v) is 4.53. The summed E-state index contributed by atoms with van der Waals surface area (Å²) in [5.41, 5.74) is 3.78. The van der Waals surface area contributed by atoms with Gasteiger partial charge >= 0.3 is 0 Å². The third kappa shape index (κ3) is 1.36. The van der Waals surface area contributed by atoms with Gasteiger partial charge in [-0.2, -0.15) is 0 Å². The third-order valence-electron chi connectivity index (χ3n) is 3.09. The Bertz CT molecular complexity index is 528. The van der Waals surface area contributed by atoms with E-state index in [1.165, 1.54) is 16.6 Å². The fourth-order valence-corrected chi connectivity index (χ4v) is 2.43. The molecule has 1 aliphatic rings. The van der Waals surface area contributed by atoms with Crippen LogP contribution in [0.1, 0.15) is 11.3 Å². The zero-order valence-corrected chi connectivity index (χ0v) is 9.43. The molecule has 0 aliphatic carbocycles. The number of nitrogens with one attached hydrogen (secondary N) is 1. The molecule has 0 unspecified atom stereocenters. The summed E-state index contributed by atoms with van der Waals surface area (Å²) in [6.45, 7) is 5.10. The molecule has 0 fully saturated rings. The molecule has 3 rings (SSSR count). The zero-order valence-electron chi connectivity index (χ0n) is 8.68. The normalized spacial score (nSPS) is 15.6. The van der Waals surface area contributed by atoms with Crippen molar-refractivity contribution in [3.05, 3.63) is 34.5 Å². The summed E-state index contributed by atoms with van der Waals surface area (Å²) in [5, 5.41) is 5.54. The van der Waals surface area contributed by atoms with Gasteiger partial charge in [0.15, 0.2) is 0 Å². The molecule has 0 saturated carbocycles. The molecule has 1 N–H and O–H groups in total. The lowest BCUT2D eigenvalue weighted by Crippen LogP contribution is -2.27. The van der Waals surface area contributed by atoms with Crippen molar-refractivity contribution in [2.24, 2.45) is 0 Å². The van der Waals surface area contributed by atoms with Crippen LogP contribution in [-0.4, -0.2) is 11.1 Å². The second kappa shape index (κ2) is 3.26. The highest BCUT2D eigenvalue weighted by molar-refractivity contribution is 6.32. The van der Waals surface area contributed by atoms with E-state index in [-0.39, 0.29) is 0 Å². The van der Waals surface area contributed by atoms with E-state index >= 15 is 0 Å². The lowest BCUT2D eigenvalue weighted by molar-refractivity contribution is 0.527. The van der Waals surface area contributed by atoms with Crippen LogP contribution in [-0.2, 0) is 13.1 Å². The molecule has 2 aromatic rings. The van der Waals surface area contributed by atoms with Crippen molar-refractivity contribution in [3.63, 3.8) is 0 Å². The quantitative estimate of drug-likeness (QED) is 0.723. The first-order chi connectivity index (χ1) is 7.25. The van der Waals surface area contributed by atoms with Gasteiger partial charge in [0, 0.05) is 41.3 Å². The van der Waals surface area contributed by atoms with E-state index in [1.807, 2.05) is 0 Å². The first kappa shape index (κ1) is 9.25. The van der Waals surface area contributed by atoms with Crippen molar-refractivity contribution in [2.45, 2.75) is 20.0 Å². The zero-order chi connectivity index (χ0) is 10.4. The molecule has 1 aliphatic heterocycles. The van der Waals surface area contributed by atoms with Crippen LogP contribution in [0.4, 0.5) is 0 Å². The van der Waals surface area contributed by atoms with Crippen LogP contribution >= 0.6 is 11.6 Å². The van der Waals surface area contributed by atoms with Crippen LogP contribution in [0.5, 0.6) is 0 Å². The minimum Gasteiger partial charge on any atom is -0.342 e. The summed E-state index contributed by atoms with van der Waals surface area (Å²) in [6.07, 6.45) is 0. The maximum absolute atomic E-state index is 6.16. The molecule has 1 aromatic carbocycles. The average Bonchev–Trinajstić information content (AvgIpc) is 2.57. The van der Waals surface area contributed by atoms with Crippen molar-refractivity contribution in [3.8, 4) is 0 Å². The molecule has 78 valence electrons. The van der Waals surface area contributed by atoms with E-state index in [2.05, 4.69) is 35.0 Å². The van der Waals surface area contributed by atoms with E-state index < -0.39 is 0 Å². The van der Waals surface area contributed by atoms with Gasteiger partial charge in [-0.3, -0.25) is 0 Å². The SMILES string of the molecule is Cc1cc2cc3n(c2cc1Cl)CCNC3. The Balaban J connectivity index is 2.33. The van der Waals surface area contributed by atoms with E-state index in [0.717, 1.165) is 30.2 Å². The molecule has 0 amide bonds. The Labute approximate surface area is 93.8 Å². The van der Waals surface area contributed by atoms with Gasteiger partial charge in [0.05, 0.1) is 0 Å². The van der Waals surface area contributed by atoms with Crippen LogP contribution in [0.3, 0.4) is 0 Å². The van der Waals surface area contributed by atoms with E-state index in [0.29, 0.717) is 0 Å². The Morgan fingerprint density at radius 3 is 3.07 bits per heavy atom. The lowest BCUT2D eigenvalue weighted by Gasteiger charge is -2.17. The molecular weight excluding hydrogens is 208 g/mol. The fourth-order valence-electron chi connectivity index (χ4n) is 2.27. The number of aromatic nitrogens is 1.